The topological polar surface area (TPSA) is 60.3 Å². The van der Waals surface area contributed by atoms with Gasteiger partial charge in [-0.1, -0.05) is 60.1 Å². The molecule has 0 bridgehead atoms. The van der Waals surface area contributed by atoms with E-state index in [4.69, 9.17) is 16.3 Å². The molecule has 1 fully saturated rings. The van der Waals surface area contributed by atoms with Gasteiger partial charge in [0.1, 0.15) is 5.82 Å². The second-order valence-corrected chi connectivity index (χ2v) is 8.83. The highest BCUT2D eigenvalue weighted by Gasteiger charge is 2.35. The largest absolute Gasteiger partial charge is 0.413 e. The Bertz CT molecular complexity index is 1450. The number of pyridine rings is 1. The second-order valence-electron chi connectivity index (χ2n) is 8.42. The molecule has 0 aliphatic heterocycles. The van der Waals surface area contributed by atoms with Crippen LogP contribution in [0.25, 0.3) is 16.5 Å². The number of nitrogens with one attached hydrogen (secondary N) is 1. The number of hydrogen-bond donors (Lipinski definition) is 1. The number of ether oxygens (including phenoxy) is 1. The normalized spacial score (nSPS) is 14.1. The summed E-state index contributed by atoms with van der Waals surface area (Å²) >= 11 is 6.40. The van der Waals surface area contributed by atoms with Gasteiger partial charge in [-0.2, -0.15) is 0 Å². The first-order valence-corrected chi connectivity index (χ1v) is 11.5. The fraction of sp³-hybridized carbons (Fsp3) is 0.185. The number of halogens is 2. The molecule has 5 nitrogen and oxygen atoms in total. The molecular formula is C27H22ClFN2O3. The van der Waals surface area contributed by atoms with Crippen molar-refractivity contribution in [2.24, 2.45) is 5.92 Å². The van der Waals surface area contributed by atoms with Crippen LogP contribution in [0.5, 0.6) is 5.75 Å². The van der Waals surface area contributed by atoms with E-state index in [9.17, 15) is 14.0 Å². The zero-order valence-corrected chi connectivity index (χ0v) is 19.2. The number of rotatable bonds is 5. The maximum Gasteiger partial charge on any atom is 0.413 e. The minimum Gasteiger partial charge on any atom is -0.408 e. The Labute approximate surface area is 200 Å². The minimum absolute atomic E-state index is 0.148. The van der Waals surface area contributed by atoms with E-state index in [1.165, 1.54) is 10.6 Å². The van der Waals surface area contributed by atoms with Gasteiger partial charge in [0.25, 0.3) is 5.56 Å². The third kappa shape index (κ3) is 4.05. The summed E-state index contributed by atoms with van der Waals surface area (Å²) in [6, 6.07) is 20.0. The Kier molecular flexibility index (Phi) is 5.84. The van der Waals surface area contributed by atoms with E-state index in [2.05, 4.69) is 5.32 Å². The van der Waals surface area contributed by atoms with Crippen molar-refractivity contribution >= 4 is 28.5 Å². The Balaban J connectivity index is 1.57. The fourth-order valence-corrected chi connectivity index (χ4v) is 4.62. The van der Waals surface area contributed by atoms with Crippen LogP contribution in [-0.4, -0.2) is 10.7 Å². The van der Waals surface area contributed by atoms with Gasteiger partial charge in [-0.3, -0.25) is 9.36 Å². The van der Waals surface area contributed by atoms with Gasteiger partial charge in [0.2, 0.25) is 0 Å². The Morgan fingerprint density at radius 1 is 1.06 bits per heavy atom. The van der Waals surface area contributed by atoms with E-state index in [0.717, 1.165) is 12.8 Å². The van der Waals surface area contributed by atoms with Crippen LogP contribution >= 0.6 is 11.6 Å². The van der Waals surface area contributed by atoms with E-state index in [1.54, 1.807) is 55.5 Å². The molecule has 0 spiro atoms. The molecule has 3 aromatic carbocycles. The molecule has 0 unspecified atom stereocenters. The van der Waals surface area contributed by atoms with Gasteiger partial charge in [0.15, 0.2) is 5.75 Å². The van der Waals surface area contributed by atoms with Crippen molar-refractivity contribution in [3.63, 3.8) is 0 Å². The molecule has 1 N–H and O–H groups in total. The second kappa shape index (κ2) is 8.95. The van der Waals surface area contributed by atoms with Crippen LogP contribution in [0.2, 0.25) is 5.02 Å². The molecule has 1 heterocycles. The first kappa shape index (κ1) is 22.2. The van der Waals surface area contributed by atoms with E-state index >= 15 is 0 Å². The predicted molar refractivity (Wildman–Crippen MR) is 130 cm³/mol. The number of hydrogen-bond acceptors (Lipinski definition) is 3. The van der Waals surface area contributed by atoms with Gasteiger partial charge < -0.3 is 10.1 Å². The fourth-order valence-electron chi connectivity index (χ4n) is 4.36. The number of carbonyl (C=O) groups is 1. The van der Waals surface area contributed by atoms with Crippen molar-refractivity contribution in [3.8, 4) is 11.4 Å². The molecule has 1 aromatic heterocycles. The van der Waals surface area contributed by atoms with Crippen molar-refractivity contribution in [2.45, 2.75) is 25.8 Å². The summed E-state index contributed by atoms with van der Waals surface area (Å²) in [5, 5.41) is 3.80. The number of carbonyl (C=O) groups excluding carboxylic acids is 1. The maximum absolute atomic E-state index is 14.5. The van der Waals surface area contributed by atoms with Crippen molar-refractivity contribution < 1.29 is 13.9 Å². The SMILES string of the molecule is Cc1c(OC(=O)N[C@H](c2ccccc2F)C2CC2)c2cccc(Cl)c2c(=O)n1-c1ccccc1. The highest BCUT2D eigenvalue weighted by atomic mass is 35.5. The lowest BCUT2D eigenvalue weighted by Crippen LogP contribution is -2.33. The quantitative estimate of drug-likeness (QED) is 0.366. The summed E-state index contributed by atoms with van der Waals surface area (Å²) < 4.78 is 21.7. The van der Waals surface area contributed by atoms with E-state index in [0.29, 0.717) is 22.3 Å². The molecule has 1 aliphatic carbocycles. The van der Waals surface area contributed by atoms with Gasteiger partial charge in [0, 0.05) is 16.6 Å². The molecule has 1 atom stereocenters. The molecule has 0 radical (unpaired) electrons. The summed E-state index contributed by atoms with van der Waals surface area (Å²) in [4.78, 5) is 26.5. The van der Waals surface area contributed by atoms with Crippen LogP contribution in [-0.2, 0) is 0 Å². The monoisotopic (exact) mass is 476 g/mol. The van der Waals surface area contributed by atoms with Crippen LogP contribution in [0.15, 0.2) is 77.6 Å². The van der Waals surface area contributed by atoms with E-state index in [1.807, 2.05) is 18.2 Å². The molecular weight excluding hydrogens is 455 g/mol. The molecule has 1 aliphatic rings. The summed E-state index contributed by atoms with van der Waals surface area (Å²) in [5.41, 5.74) is 1.20. The average molecular weight is 477 g/mol. The van der Waals surface area contributed by atoms with Crippen LogP contribution < -0.4 is 15.6 Å². The van der Waals surface area contributed by atoms with Crippen molar-refractivity contribution in [3.05, 3.63) is 105 Å². The smallest absolute Gasteiger partial charge is 0.408 e. The van der Waals surface area contributed by atoms with Crippen molar-refractivity contribution in [2.75, 3.05) is 0 Å². The average Bonchev–Trinajstić information content (AvgIpc) is 3.67. The summed E-state index contributed by atoms with van der Waals surface area (Å²) in [6.07, 6.45) is 1.08. The van der Waals surface area contributed by atoms with Gasteiger partial charge in [-0.15, -0.1) is 0 Å². The van der Waals surface area contributed by atoms with E-state index < -0.39 is 12.1 Å². The molecule has 7 heteroatoms. The third-order valence-corrected chi connectivity index (χ3v) is 6.47. The predicted octanol–water partition coefficient (Wildman–Crippen LogP) is 6.33. The van der Waals surface area contributed by atoms with E-state index in [-0.39, 0.29) is 33.5 Å². The lowest BCUT2D eigenvalue weighted by Gasteiger charge is -2.21. The molecule has 1 amide bonds. The molecule has 1 saturated carbocycles. The summed E-state index contributed by atoms with van der Waals surface area (Å²) in [7, 11) is 0. The molecule has 34 heavy (non-hydrogen) atoms. The standard InChI is InChI=1S/C27H22ClFN2O3/c1-16-25(34-27(33)30-24(17-14-15-17)19-10-5-6-13-22(19)29)20-11-7-12-21(28)23(20)26(32)31(16)18-8-3-2-4-9-18/h2-13,17,24H,14-15H2,1H3,(H,30,33)/t24-/m0/s1. The summed E-state index contributed by atoms with van der Waals surface area (Å²) in [5.74, 6) is 0.00211. The first-order chi connectivity index (χ1) is 16.5. The van der Waals surface area contributed by atoms with Crippen LogP contribution in [0.4, 0.5) is 9.18 Å². The van der Waals surface area contributed by atoms with Crippen molar-refractivity contribution in [1.29, 1.82) is 0 Å². The van der Waals surface area contributed by atoms with Crippen LogP contribution in [0, 0.1) is 18.7 Å². The Morgan fingerprint density at radius 2 is 1.76 bits per heavy atom. The number of nitrogens with zero attached hydrogens (tertiary/aromatic N) is 1. The zero-order valence-electron chi connectivity index (χ0n) is 18.4. The summed E-state index contributed by atoms with van der Waals surface area (Å²) in [6.45, 7) is 1.71. The van der Waals surface area contributed by atoms with Crippen LogP contribution in [0.3, 0.4) is 0 Å². The van der Waals surface area contributed by atoms with Crippen molar-refractivity contribution in [1.82, 2.24) is 9.88 Å². The maximum atomic E-state index is 14.5. The number of amides is 1. The van der Waals surface area contributed by atoms with Gasteiger partial charge in [0.05, 0.1) is 22.1 Å². The molecule has 5 rings (SSSR count). The Morgan fingerprint density at radius 3 is 2.47 bits per heavy atom. The molecule has 0 saturated heterocycles. The van der Waals surface area contributed by atoms with Crippen LogP contribution in [0.1, 0.15) is 30.1 Å². The van der Waals surface area contributed by atoms with Gasteiger partial charge in [-0.25, -0.2) is 9.18 Å². The number of para-hydroxylation sites is 1. The zero-order chi connectivity index (χ0) is 23.8. The van der Waals surface area contributed by atoms with Gasteiger partial charge >= 0.3 is 6.09 Å². The first-order valence-electron chi connectivity index (χ1n) is 11.1. The third-order valence-electron chi connectivity index (χ3n) is 6.16. The lowest BCUT2D eigenvalue weighted by atomic mass is 10.0. The highest BCUT2D eigenvalue weighted by Crippen LogP contribution is 2.42. The highest BCUT2D eigenvalue weighted by molar-refractivity contribution is 6.35. The number of fused-ring (bicyclic) bond motifs is 1. The number of aromatic nitrogens is 1. The molecule has 172 valence electrons. The molecule has 4 aromatic rings. The number of benzene rings is 3. The lowest BCUT2D eigenvalue weighted by molar-refractivity contribution is 0.194. The Hall–Kier alpha value is -3.64. The van der Waals surface area contributed by atoms with Gasteiger partial charge in [-0.05, 0) is 49.9 Å². The minimum atomic E-state index is -0.720.